The van der Waals surface area contributed by atoms with Gasteiger partial charge in [0.15, 0.2) is 0 Å². The van der Waals surface area contributed by atoms with Crippen molar-refractivity contribution in [2.45, 2.75) is 136 Å². The van der Waals surface area contributed by atoms with Crippen molar-refractivity contribution in [1.29, 1.82) is 0 Å². The molecule has 0 fully saturated rings. The number of rotatable bonds is 23. The van der Waals surface area contributed by atoms with Gasteiger partial charge in [-0.05, 0) is 19.5 Å². The van der Waals surface area contributed by atoms with Crippen molar-refractivity contribution >= 4 is 11.9 Å². The molecule has 1 N–H and O–H groups in total. The van der Waals surface area contributed by atoms with Gasteiger partial charge in [-0.3, -0.25) is 9.69 Å². The van der Waals surface area contributed by atoms with Crippen LogP contribution in [0.5, 0.6) is 0 Å². The highest BCUT2D eigenvalue weighted by atomic mass is 16.4. The van der Waals surface area contributed by atoms with E-state index in [1.54, 1.807) is 21.1 Å². The average molecular weight is 501 g/mol. The molecule has 0 spiro atoms. The molecule has 0 bridgehead atoms. The molecule has 0 aliphatic heterocycles. The van der Waals surface area contributed by atoms with E-state index in [9.17, 15) is 19.8 Å². The lowest BCUT2D eigenvalue weighted by molar-refractivity contribution is -0.864. The predicted octanol–water partition coefficient (Wildman–Crippen LogP) is 5.88. The molecule has 35 heavy (non-hydrogen) atoms. The number of likely N-dealkylation sites (N-methyl/N-ethyl adjacent to an activating group) is 2. The molecule has 0 aliphatic rings. The number of carboxylic acids is 2. The highest BCUT2D eigenvalue weighted by molar-refractivity contribution is 5.73. The zero-order valence-electron chi connectivity index (χ0n) is 24.3. The van der Waals surface area contributed by atoms with Gasteiger partial charge in [-0.25, -0.2) is 0 Å². The zero-order valence-corrected chi connectivity index (χ0v) is 24.3. The standard InChI is InChI=1S/C24H49NO2.C5H11NO2/c1-4-7-8-9-10-11-12-13-14-15-16-17-18-19-20-21-22-23(24(26)27)25(5-2)6-3;1-6(2,3)4-5(7)8/h23H,4-22H2,1-3H3,(H,26,27);4H2,1-3H3. The minimum Gasteiger partial charge on any atom is -0.544 e. The monoisotopic (exact) mass is 500 g/mol. The minimum atomic E-state index is -1.00. The third-order valence-corrected chi connectivity index (χ3v) is 6.47. The summed E-state index contributed by atoms with van der Waals surface area (Å²) in [5.41, 5.74) is 0. The van der Waals surface area contributed by atoms with Gasteiger partial charge in [0.1, 0.15) is 12.6 Å². The lowest BCUT2D eigenvalue weighted by Crippen LogP contribution is -2.45. The molecule has 0 heterocycles. The smallest absolute Gasteiger partial charge is 0.320 e. The second kappa shape index (κ2) is 24.5. The Hall–Kier alpha value is -1.14. The van der Waals surface area contributed by atoms with E-state index in [-0.39, 0.29) is 12.6 Å². The maximum atomic E-state index is 11.4. The fraction of sp³-hybridized carbons (Fsp3) is 0.931. The first-order valence-corrected chi connectivity index (χ1v) is 14.6. The molecule has 0 radical (unpaired) electrons. The first-order valence-electron chi connectivity index (χ1n) is 14.6. The summed E-state index contributed by atoms with van der Waals surface area (Å²) in [5, 5.41) is 19.3. The van der Waals surface area contributed by atoms with Gasteiger partial charge >= 0.3 is 5.97 Å². The molecular formula is C29H60N2O4. The Balaban J connectivity index is 0. The number of unbranched alkanes of at least 4 members (excludes halogenated alkanes) is 15. The topological polar surface area (TPSA) is 80.7 Å². The second-order valence-corrected chi connectivity index (χ2v) is 11.0. The third kappa shape index (κ3) is 27.3. The quantitative estimate of drug-likeness (QED) is 0.140. The fourth-order valence-corrected chi connectivity index (χ4v) is 4.40. The number of carboxylic acid groups (broad SMARTS) is 2. The predicted molar refractivity (Wildman–Crippen MR) is 146 cm³/mol. The normalized spacial score (nSPS) is 12.3. The molecule has 210 valence electrons. The number of aliphatic carboxylic acids is 2. The van der Waals surface area contributed by atoms with Gasteiger partial charge in [-0.2, -0.15) is 0 Å². The Kier molecular flexibility index (Phi) is 25.3. The molecule has 0 aliphatic carbocycles. The first kappa shape index (κ1) is 36.0. The van der Waals surface area contributed by atoms with Crippen LogP contribution in [0, 0.1) is 0 Å². The van der Waals surface area contributed by atoms with Crippen molar-refractivity contribution in [3.8, 4) is 0 Å². The Morgan fingerprint density at radius 3 is 1.26 bits per heavy atom. The number of quaternary nitrogens is 1. The molecule has 0 amide bonds. The Morgan fingerprint density at radius 2 is 1.03 bits per heavy atom. The van der Waals surface area contributed by atoms with Gasteiger partial charge in [0.25, 0.3) is 0 Å². The number of carbonyl (C=O) groups is 2. The van der Waals surface area contributed by atoms with Crippen LogP contribution in [0.25, 0.3) is 0 Å². The van der Waals surface area contributed by atoms with Crippen LogP contribution in [0.4, 0.5) is 0 Å². The van der Waals surface area contributed by atoms with E-state index >= 15 is 0 Å². The maximum Gasteiger partial charge on any atom is 0.320 e. The van der Waals surface area contributed by atoms with Crippen molar-refractivity contribution in [3.63, 3.8) is 0 Å². The van der Waals surface area contributed by atoms with E-state index < -0.39 is 11.9 Å². The van der Waals surface area contributed by atoms with Crippen molar-refractivity contribution in [1.82, 2.24) is 4.90 Å². The van der Waals surface area contributed by atoms with Crippen molar-refractivity contribution in [2.75, 3.05) is 40.8 Å². The van der Waals surface area contributed by atoms with Gasteiger partial charge < -0.3 is 19.5 Å². The molecule has 6 heteroatoms. The highest BCUT2D eigenvalue weighted by Crippen LogP contribution is 2.15. The van der Waals surface area contributed by atoms with Crippen LogP contribution in [0.1, 0.15) is 130 Å². The lowest BCUT2D eigenvalue weighted by Gasteiger charge is -2.26. The molecule has 0 aromatic rings. The number of nitrogens with zero attached hydrogens (tertiary/aromatic N) is 2. The summed E-state index contributed by atoms with van der Waals surface area (Å²) in [4.78, 5) is 23.4. The second-order valence-electron chi connectivity index (χ2n) is 11.0. The zero-order chi connectivity index (χ0) is 27.0. The van der Waals surface area contributed by atoms with E-state index in [1.807, 2.05) is 13.8 Å². The van der Waals surface area contributed by atoms with Gasteiger partial charge in [0.05, 0.1) is 27.1 Å². The largest absolute Gasteiger partial charge is 0.544 e. The molecular weight excluding hydrogens is 440 g/mol. The molecule has 0 aromatic carbocycles. The van der Waals surface area contributed by atoms with Gasteiger partial charge in [-0.15, -0.1) is 0 Å². The molecule has 1 unspecified atom stereocenters. The average Bonchev–Trinajstić information content (AvgIpc) is 2.76. The summed E-state index contributed by atoms with van der Waals surface area (Å²) in [6.07, 6.45) is 22.5. The summed E-state index contributed by atoms with van der Waals surface area (Å²) in [6.45, 7) is 8.10. The number of carbonyl (C=O) groups excluding carboxylic acids is 1. The van der Waals surface area contributed by atoms with Gasteiger partial charge in [-0.1, -0.05) is 124 Å². The van der Waals surface area contributed by atoms with Crippen molar-refractivity contribution < 1.29 is 24.3 Å². The Morgan fingerprint density at radius 1 is 0.686 bits per heavy atom. The third-order valence-electron chi connectivity index (χ3n) is 6.47. The molecule has 0 rings (SSSR count). The van der Waals surface area contributed by atoms with Crippen LogP contribution in [0.2, 0.25) is 0 Å². The summed E-state index contributed by atoms with van der Waals surface area (Å²) in [5.74, 6) is -1.66. The molecule has 0 aromatic heterocycles. The fourth-order valence-electron chi connectivity index (χ4n) is 4.40. The van der Waals surface area contributed by atoms with Crippen LogP contribution in [0.15, 0.2) is 0 Å². The van der Waals surface area contributed by atoms with Crippen LogP contribution in [0.3, 0.4) is 0 Å². The maximum absolute atomic E-state index is 11.4. The van der Waals surface area contributed by atoms with E-state index in [4.69, 9.17) is 0 Å². The molecule has 0 saturated carbocycles. The van der Waals surface area contributed by atoms with Crippen molar-refractivity contribution in [2.24, 2.45) is 0 Å². The number of hydrogen-bond donors (Lipinski definition) is 1. The van der Waals surface area contributed by atoms with Crippen LogP contribution in [-0.2, 0) is 9.59 Å². The van der Waals surface area contributed by atoms with Crippen LogP contribution < -0.4 is 5.11 Å². The highest BCUT2D eigenvalue weighted by Gasteiger charge is 2.22. The lowest BCUT2D eigenvalue weighted by atomic mass is 10.0. The van der Waals surface area contributed by atoms with Crippen LogP contribution in [-0.4, -0.2) is 73.2 Å². The summed E-state index contributed by atoms with van der Waals surface area (Å²) >= 11 is 0. The van der Waals surface area contributed by atoms with E-state index in [1.165, 1.54) is 96.3 Å². The Bertz CT molecular complexity index is 488. The van der Waals surface area contributed by atoms with Crippen molar-refractivity contribution in [3.05, 3.63) is 0 Å². The summed E-state index contributed by atoms with van der Waals surface area (Å²) in [6, 6.07) is -0.286. The number of hydrogen-bond acceptors (Lipinski definition) is 4. The van der Waals surface area contributed by atoms with Gasteiger partial charge in [0.2, 0.25) is 0 Å². The summed E-state index contributed by atoms with van der Waals surface area (Å²) in [7, 11) is 5.40. The first-order chi connectivity index (χ1) is 16.6. The summed E-state index contributed by atoms with van der Waals surface area (Å²) < 4.78 is 0.419. The molecule has 1 atom stereocenters. The Labute approximate surface area is 218 Å². The SMILES string of the molecule is CCCCCCCCCCCCCCCCCCC(C(=O)O)N(CC)CC.C[N+](C)(C)CC(=O)[O-]. The molecule has 6 nitrogen and oxygen atoms in total. The van der Waals surface area contributed by atoms with E-state index in [2.05, 4.69) is 11.8 Å². The van der Waals surface area contributed by atoms with Gasteiger partial charge in [0, 0.05) is 0 Å². The molecule has 0 saturated heterocycles. The minimum absolute atomic E-state index is 0.0694. The van der Waals surface area contributed by atoms with E-state index in [0.717, 1.165) is 25.9 Å². The van der Waals surface area contributed by atoms with E-state index in [0.29, 0.717) is 4.48 Å². The van der Waals surface area contributed by atoms with Crippen LogP contribution >= 0.6 is 0 Å².